The molecular formula is C11H17ClN2O. The Kier molecular flexibility index (Phi) is 6.75. The normalized spacial score (nSPS) is 9.20. The van der Waals surface area contributed by atoms with E-state index >= 15 is 0 Å². The van der Waals surface area contributed by atoms with E-state index in [2.05, 4.69) is 5.32 Å². The minimum atomic E-state index is 0. The van der Waals surface area contributed by atoms with E-state index in [1.165, 1.54) is 5.56 Å². The molecule has 1 aromatic rings. The minimum Gasteiger partial charge on any atom is -0.348 e. The molecule has 0 saturated carbocycles. The standard InChI is InChI=1S/C11H16N2O.ClH/c1-13(2)11(14)9-12-8-10-6-4-3-5-7-10;/h3-7,12H,8-9H2,1-2H3;1H. The Labute approximate surface area is 96.9 Å². The molecule has 1 amide bonds. The van der Waals surface area contributed by atoms with Gasteiger partial charge in [-0.3, -0.25) is 4.79 Å². The summed E-state index contributed by atoms with van der Waals surface area (Å²) in [5.74, 6) is 0.0981. The number of carbonyl (C=O) groups excluding carboxylic acids is 1. The highest BCUT2D eigenvalue weighted by Gasteiger charge is 2.01. The number of halogens is 1. The predicted molar refractivity (Wildman–Crippen MR) is 64.1 cm³/mol. The van der Waals surface area contributed by atoms with Crippen molar-refractivity contribution in [2.45, 2.75) is 6.54 Å². The second kappa shape index (κ2) is 7.26. The van der Waals surface area contributed by atoms with Crippen LogP contribution in [0.25, 0.3) is 0 Å². The minimum absolute atomic E-state index is 0. The van der Waals surface area contributed by atoms with Gasteiger partial charge in [0.25, 0.3) is 0 Å². The monoisotopic (exact) mass is 228 g/mol. The zero-order chi connectivity index (χ0) is 10.4. The van der Waals surface area contributed by atoms with Gasteiger partial charge in [-0.05, 0) is 5.56 Å². The van der Waals surface area contributed by atoms with E-state index in [4.69, 9.17) is 0 Å². The van der Waals surface area contributed by atoms with Crippen LogP contribution in [0.15, 0.2) is 30.3 Å². The molecule has 15 heavy (non-hydrogen) atoms. The Bertz CT molecular complexity index is 288. The molecule has 0 radical (unpaired) electrons. The lowest BCUT2D eigenvalue weighted by Crippen LogP contribution is -2.32. The van der Waals surface area contributed by atoms with E-state index in [1.807, 2.05) is 30.3 Å². The van der Waals surface area contributed by atoms with Crippen LogP contribution in [0, 0.1) is 0 Å². The van der Waals surface area contributed by atoms with Crippen LogP contribution in [0.2, 0.25) is 0 Å². The summed E-state index contributed by atoms with van der Waals surface area (Å²) in [4.78, 5) is 12.8. The van der Waals surface area contributed by atoms with Crippen molar-refractivity contribution in [3.05, 3.63) is 35.9 Å². The summed E-state index contributed by atoms with van der Waals surface area (Å²) in [6, 6.07) is 10.0. The third-order valence-electron chi connectivity index (χ3n) is 1.95. The second-order valence-corrected chi connectivity index (χ2v) is 3.38. The third-order valence-corrected chi connectivity index (χ3v) is 1.95. The van der Waals surface area contributed by atoms with Crippen molar-refractivity contribution < 1.29 is 4.79 Å². The van der Waals surface area contributed by atoms with Crippen LogP contribution in [-0.4, -0.2) is 31.4 Å². The van der Waals surface area contributed by atoms with Gasteiger partial charge in [-0.2, -0.15) is 0 Å². The number of hydrogen-bond acceptors (Lipinski definition) is 2. The summed E-state index contributed by atoms with van der Waals surface area (Å²) in [5.41, 5.74) is 1.19. The second-order valence-electron chi connectivity index (χ2n) is 3.38. The molecule has 3 nitrogen and oxygen atoms in total. The van der Waals surface area contributed by atoms with Crippen molar-refractivity contribution >= 4 is 18.3 Å². The molecule has 0 saturated heterocycles. The van der Waals surface area contributed by atoms with Crippen LogP contribution in [0.1, 0.15) is 5.56 Å². The molecule has 1 aromatic carbocycles. The van der Waals surface area contributed by atoms with Gasteiger partial charge in [0.05, 0.1) is 6.54 Å². The van der Waals surface area contributed by atoms with Gasteiger partial charge in [0.15, 0.2) is 0 Å². The van der Waals surface area contributed by atoms with Crippen LogP contribution in [-0.2, 0) is 11.3 Å². The molecule has 4 heteroatoms. The van der Waals surface area contributed by atoms with Gasteiger partial charge in [0, 0.05) is 20.6 Å². The van der Waals surface area contributed by atoms with Crippen molar-refractivity contribution in [3.8, 4) is 0 Å². The highest BCUT2D eigenvalue weighted by atomic mass is 35.5. The fourth-order valence-electron chi connectivity index (χ4n) is 1.07. The van der Waals surface area contributed by atoms with Gasteiger partial charge in [-0.15, -0.1) is 12.4 Å². The number of carbonyl (C=O) groups is 1. The topological polar surface area (TPSA) is 32.3 Å². The van der Waals surface area contributed by atoms with E-state index in [0.29, 0.717) is 6.54 Å². The Morgan fingerprint density at radius 3 is 2.40 bits per heavy atom. The number of likely N-dealkylation sites (N-methyl/N-ethyl adjacent to an activating group) is 1. The maximum absolute atomic E-state index is 11.2. The smallest absolute Gasteiger partial charge is 0.236 e. The molecule has 0 heterocycles. The number of nitrogens with one attached hydrogen (secondary N) is 1. The Morgan fingerprint density at radius 1 is 1.27 bits per heavy atom. The third kappa shape index (κ3) is 5.40. The molecule has 1 N–H and O–H groups in total. The van der Waals surface area contributed by atoms with E-state index in [-0.39, 0.29) is 18.3 Å². The summed E-state index contributed by atoms with van der Waals surface area (Å²) in [5, 5.41) is 3.09. The molecule has 0 unspecified atom stereocenters. The zero-order valence-electron chi connectivity index (χ0n) is 9.06. The average Bonchev–Trinajstić information content (AvgIpc) is 2.19. The molecule has 84 valence electrons. The lowest BCUT2D eigenvalue weighted by atomic mass is 10.2. The van der Waals surface area contributed by atoms with Crippen LogP contribution in [0.4, 0.5) is 0 Å². The van der Waals surface area contributed by atoms with E-state index in [1.54, 1.807) is 19.0 Å². The van der Waals surface area contributed by atoms with Crippen molar-refractivity contribution in [3.63, 3.8) is 0 Å². The number of hydrogen-bond donors (Lipinski definition) is 1. The summed E-state index contributed by atoms with van der Waals surface area (Å²) in [6.45, 7) is 1.13. The Morgan fingerprint density at radius 2 is 1.87 bits per heavy atom. The molecule has 0 atom stereocenters. The number of benzene rings is 1. The summed E-state index contributed by atoms with van der Waals surface area (Å²) in [6.07, 6.45) is 0. The van der Waals surface area contributed by atoms with E-state index in [0.717, 1.165) is 6.54 Å². The van der Waals surface area contributed by atoms with Gasteiger partial charge in [-0.1, -0.05) is 30.3 Å². The maximum atomic E-state index is 11.2. The predicted octanol–water partition coefficient (Wildman–Crippen LogP) is 1.29. The fourth-order valence-corrected chi connectivity index (χ4v) is 1.07. The van der Waals surface area contributed by atoms with Crippen molar-refractivity contribution in [2.24, 2.45) is 0 Å². The van der Waals surface area contributed by atoms with Crippen LogP contribution >= 0.6 is 12.4 Å². The molecule has 0 fully saturated rings. The highest BCUT2D eigenvalue weighted by molar-refractivity contribution is 5.85. The van der Waals surface area contributed by atoms with Gasteiger partial charge < -0.3 is 10.2 Å². The molecule has 0 bridgehead atoms. The number of rotatable bonds is 4. The van der Waals surface area contributed by atoms with Crippen LogP contribution in [0.5, 0.6) is 0 Å². The molecule has 0 aromatic heterocycles. The molecule has 0 aliphatic heterocycles. The van der Waals surface area contributed by atoms with Crippen molar-refractivity contribution in [2.75, 3.05) is 20.6 Å². The van der Waals surface area contributed by atoms with Crippen LogP contribution < -0.4 is 5.32 Å². The number of nitrogens with zero attached hydrogens (tertiary/aromatic N) is 1. The summed E-state index contributed by atoms with van der Waals surface area (Å²) >= 11 is 0. The quantitative estimate of drug-likeness (QED) is 0.842. The summed E-state index contributed by atoms with van der Waals surface area (Å²) < 4.78 is 0. The SMILES string of the molecule is CN(C)C(=O)CNCc1ccccc1.Cl. The zero-order valence-corrected chi connectivity index (χ0v) is 9.88. The fraction of sp³-hybridized carbons (Fsp3) is 0.364. The van der Waals surface area contributed by atoms with E-state index < -0.39 is 0 Å². The summed E-state index contributed by atoms with van der Waals surface area (Å²) in [7, 11) is 3.51. The first kappa shape index (κ1) is 13.9. The Hall–Kier alpha value is -1.06. The first-order valence-electron chi connectivity index (χ1n) is 4.65. The lowest BCUT2D eigenvalue weighted by molar-refractivity contribution is -0.127. The lowest BCUT2D eigenvalue weighted by Gasteiger charge is -2.10. The molecule has 0 aliphatic rings. The van der Waals surface area contributed by atoms with Gasteiger partial charge in [0.2, 0.25) is 5.91 Å². The van der Waals surface area contributed by atoms with Gasteiger partial charge in [-0.25, -0.2) is 0 Å². The Balaban J connectivity index is 0.00000196. The van der Waals surface area contributed by atoms with Crippen molar-refractivity contribution in [1.29, 1.82) is 0 Å². The largest absolute Gasteiger partial charge is 0.348 e. The van der Waals surface area contributed by atoms with Crippen LogP contribution in [0.3, 0.4) is 0 Å². The molecule has 1 rings (SSSR count). The number of amides is 1. The average molecular weight is 229 g/mol. The maximum Gasteiger partial charge on any atom is 0.236 e. The molecular weight excluding hydrogens is 212 g/mol. The van der Waals surface area contributed by atoms with Crippen molar-refractivity contribution in [1.82, 2.24) is 10.2 Å². The van der Waals surface area contributed by atoms with Gasteiger partial charge >= 0.3 is 0 Å². The highest BCUT2D eigenvalue weighted by Crippen LogP contribution is 1.96. The van der Waals surface area contributed by atoms with E-state index in [9.17, 15) is 4.79 Å². The molecule has 0 spiro atoms. The molecule has 0 aliphatic carbocycles. The first-order chi connectivity index (χ1) is 6.70. The first-order valence-corrected chi connectivity index (χ1v) is 4.65. The van der Waals surface area contributed by atoms with Gasteiger partial charge in [0.1, 0.15) is 0 Å².